The van der Waals surface area contributed by atoms with E-state index in [2.05, 4.69) is 10.3 Å². The number of nitroso groups, excluding NO2 is 1. The van der Waals surface area contributed by atoms with E-state index in [0.717, 1.165) is 0 Å². The lowest BCUT2D eigenvalue weighted by atomic mass is 10.3. The van der Waals surface area contributed by atoms with Crippen molar-refractivity contribution in [1.82, 2.24) is 9.61 Å². The fourth-order valence-corrected chi connectivity index (χ4v) is 1.20. The standard InChI is InChI=1S/C8H4N4O2/c9-2-5-3-10-12-4-6(11-14)1-7(12)8(5)13/h1,3-4,10H. The van der Waals surface area contributed by atoms with Gasteiger partial charge in [-0.1, -0.05) is 0 Å². The summed E-state index contributed by atoms with van der Waals surface area (Å²) >= 11 is 0. The van der Waals surface area contributed by atoms with Crippen LogP contribution in [-0.4, -0.2) is 9.61 Å². The molecule has 68 valence electrons. The summed E-state index contributed by atoms with van der Waals surface area (Å²) in [6.45, 7) is 0. The van der Waals surface area contributed by atoms with Gasteiger partial charge in [0, 0.05) is 6.20 Å². The van der Waals surface area contributed by atoms with E-state index in [0.29, 0.717) is 0 Å². The van der Waals surface area contributed by atoms with Crippen LogP contribution in [0.5, 0.6) is 0 Å². The lowest BCUT2D eigenvalue weighted by Crippen LogP contribution is -2.10. The molecule has 2 aromatic heterocycles. The van der Waals surface area contributed by atoms with Gasteiger partial charge in [-0.2, -0.15) is 5.26 Å². The molecule has 0 aromatic carbocycles. The van der Waals surface area contributed by atoms with E-state index in [1.807, 2.05) is 0 Å². The number of fused-ring (bicyclic) bond motifs is 1. The van der Waals surface area contributed by atoms with E-state index in [1.54, 1.807) is 6.07 Å². The fraction of sp³-hybridized carbons (Fsp3) is 0. The number of nitriles is 1. The molecule has 2 rings (SSSR count). The Labute approximate surface area is 77.4 Å². The predicted molar refractivity (Wildman–Crippen MR) is 48.2 cm³/mol. The molecule has 0 atom stereocenters. The minimum atomic E-state index is -0.416. The zero-order valence-electron chi connectivity index (χ0n) is 6.89. The third kappa shape index (κ3) is 0.998. The first kappa shape index (κ1) is 8.19. The van der Waals surface area contributed by atoms with Crippen LogP contribution in [0.4, 0.5) is 5.69 Å². The number of nitrogens with zero attached hydrogens (tertiary/aromatic N) is 3. The quantitative estimate of drug-likeness (QED) is 0.674. The minimum absolute atomic E-state index is 0.00745. The molecule has 0 bridgehead atoms. The lowest BCUT2D eigenvalue weighted by molar-refractivity contribution is 0.930. The second-order valence-electron chi connectivity index (χ2n) is 2.67. The molecule has 0 aliphatic rings. The summed E-state index contributed by atoms with van der Waals surface area (Å²) in [6.07, 6.45) is 2.66. The molecular weight excluding hydrogens is 184 g/mol. The summed E-state index contributed by atoms with van der Waals surface area (Å²) in [5.74, 6) is 0. The van der Waals surface area contributed by atoms with E-state index in [1.165, 1.54) is 23.0 Å². The molecule has 2 heterocycles. The topological polar surface area (TPSA) is 90.5 Å². The van der Waals surface area contributed by atoms with Gasteiger partial charge in [-0.05, 0) is 11.2 Å². The fourth-order valence-electron chi connectivity index (χ4n) is 1.20. The smallest absolute Gasteiger partial charge is 0.223 e. The summed E-state index contributed by atoms with van der Waals surface area (Å²) in [5, 5.41) is 13.9. The van der Waals surface area contributed by atoms with Crippen LogP contribution in [0.1, 0.15) is 5.56 Å². The van der Waals surface area contributed by atoms with Crippen molar-refractivity contribution in [2.24, 2.45) is 5.18 Å². The van der Waals surface area contributed by atoms with Gasteiger partial charge < -0.3 is 0 Å². The van der Waals surface area contributed by atoms with Gasteiger partial charge in [0.05, 0.1) is 6.20 Å². The molecule has 14 heavy (non-hydrogen) atoms. The summed E-state index contributed by atoms with van der Waals surface area (Å²) in [5.41, 5.74) is -0.0266. The predicted octanol–water partition coefficient (Wildman–Crippen LogP) is 0.897. The number of nitrogens with one attached hydrogen (secondary N) is 1. The van der Waals surface area contributed by atoms with Gasteiger partial charge in [0.2, 0.25) is 5.43 Å². The number of aromatic amines is 1. The molecule has 1 N–H and O–H groups in total. The Bertz CT molecular complexity index is 602. The Kier molecular flexibility index (Phi) is 1.65. The second-order valence-corrected chi connectivity index (χ2v) is 2.67. The highest BCUT2D eigenvalue weighted by Crippen LogP contribution is 2.13. The van der Waals surface area contributed by atoms with Crippen molar-refractivity contribution in [2.45, 2.75) is 0 Å². The second kappa shape index (κ2) is 2.81. The van der Waals surface area contributed by atoms with Crippen LogP contribution in [0, 0.1) is 16.2 Å². The third-order valence-corrected chi connectivity index (χ3v) is 1.86. The first-order valence-corrected chi connectivity index (χ1v) is 3.73. The van der Waals surface area contributed by atoms with Gasteiger partial charge in [0.1, 0.15) is 22.8 Å². The van der Waals surface area contributed by atoms with Crippen molar-refractivity contribution in [3.8, 4) is 6.07 Å². The van der Waals surface area contributed by atoms with Gasteiger partial charge in [-0.15, -0.1) is 4.91 Å². The zero-order valence-corrected chi connectivity index (χ0v) is 6.89. The van der Waals surface area contributed by atoms with Crippen LogP contribution in [-0.2, 0) is 0 Å². The monoisotopic (exact) mass is 188 g/mol. The Hall–Kier alpha value is -2.42. The highest BCUT2D eigenvalue weighted by atomic mass is 16.3. The molecular formula is C8H4N4O2. The molecule has 0 aliphatic heterocycles. The average molecular weight is 188 g/mol. The third-order valence-electron chi connectivity index (χ3n) is 1.86. The number of aromatic nitrogens is 2. The highest BCUT2D eigenvalue weighted by molar-refractivity contribution is 5.59. The van der Waals surface area contributed by atoms with E-state index in [9.17, 15) is 9.70 Å². The SMILES string of the molecule is N#Cc1c[nH]n2cc(N=O)cc2c1=O. The normalized spacial score (nSPS) is 9.93. The van der Waals surface area contributed by atoms with Crippen molar-refractivity contribution >= 4 is 11.2 Å². The first-order chi connectivity index (χ1) is 6.76. The van der Waals surface area contributed by atoms with Crippen LogP contribution in [0.3, 0.4) is 0 Å². The summed E-state index contributed by atoms with van der Waals surface area (Å²) < 4.78 is 1.35. The van der Waals surface area contributed by atoms with Crippen molar-refractivity contribution in [3.63, 3.8) is 0 Å². The van der Waals surface area contributed by atoms with Crippen molar-refractivity contribution in [1.29, 1.82) is 5.26 Å². The summed E-state index contributed by atoms with van der Waals surface area (Å²) in [7, 11) is 0. The summed E-state index contributed by atoms with van der Waals surface area (Å²) in [6, 6.07) is 3.07. The molecule has 0 spiro atoms. The van der Waals surface area contributed by atoms with Crippen LogP contribution in [0.2, 0.25) is 0 Å². The average Bonchev–Trinajstić information content (AvgIpc) is 2.62. The Morgan fingerprint density at radius 2 is 2.36 bits per heavy atom. The molecule has 0 aliphatic carbocycles. The molecule has 0 amide bonds. The van der Waals surface area contributed by atoms with Crippen molar-refractivity contribution in [2.75, 3.05) is 0 Å². The molecule has 0 saturated heterocycles. The van der Waals surface area contributed by atoms with E-state index < -0.39 is 5.43 Å². The Morgan fingerprint density at radius 3 is 3.00 bits per heavy atom. The number of rotatable bonds is 1. The Morgan fingerprint density at radius 1 is 1.57 bits per heavy atom. The van der Waals surface area contributed by atoms with Crippen molar-refractivity contribution in [3.05, 3.63) is 39.2 Å². The van der Waals surface area contributed by atoms with Crippen LogP contribution in [0.25, 0.3) is 5.52 Å². The number of hydrogen-bond donors (Lipinski definition) is 1. The number of hydrogen-bond acceptors (Lipinski definition) is 4. The van der Waals surface area contributed by atoms with Crippen molar-refractivity contribution < 1.29 is 0 Å². The summed E-state index contributed by atoms with van der Waals surface area (Å²) in [4.78, 5) is 21.7. The van der Waals surface area contributed by atoms with Gasteiger partial charge in [0.25, 0.3) is 0 Å². The Balaban J connectivity index is 2.90. The van der Waals surface area contributed by atoms with E-state index >= 15 is 0 Å². The van der Waals surface area contributed by atoms with Crippen LogP contribution >= 0.6 is 0 Å². The van der Waals surface area contributed by atoms with E-state index in [-0.39, 0.29) is 16.8 Å². The van der Waals surface area contributed by atoms with Crippen LogP contribution < -0.4 is 5.43 Å². The lowest BCUT2D eigenvalue weighted by Gasteiger charge is -1.93. The molecule has 0 radical (unpaired) electrons. The zero-order chi connectivity index (χ0) is 10.1. The van der Waals surface area contributed by atoms with Crippen LogP contribution in [0.15, 0.2) is 28.4 Å². The van der Waals surface area contributed by atoms with Gasteiger partial charge in [0.15, 0.2) is 0 Å². The molecule has 0 unspecified atom stereocenters. The highest BCUT2D eigenvalue weighted by Gasteiger charge is 2.06. The molecule has 2 aromatic rings. The molecule has 6 nitrogen and oxygen atoms in total. The largest absolute Gasteiger partial charge is 0.300 e. The number of H-pyrrole nitrogens is 1. The first-order valence-electron chi connectivity index (χ1n) is 3.73. The van der Waals surface area contributed by atoms with Gasteiger partial charge >= 0.3 is 0 Å². The van der Waals surface area contributed by atoms with Gasteiger partial charge in [-0.25, -0.2) is 0 Å². The molecule has 0 fully saturated rings. The maximum atomic E-state index is 11.5. The maximum absolute atomic E-state index is 11.5. The molecule has 0 saturated carbocycles. The molecule has 6 heteroatoms. The maximum Gasteiger partial charge on any atom is 0.223 e. The van der Waals surface area contributed by atoms with Gasteiger partial charge in [-0.3, -0.25) is 14.4 Å². The minimum Gasteiger partial charge on any atom is -0.300 e. The van der Waals surface area contributed by atoms with E-state index in [4.69, 9.17) is 5.26 Å².